The summed E-state index contributed by atoms with van der Waals surface area (Å²) in [6.45, 7) is 5.44. The van der Waals surface area contributed by atoms with Gasteiger partial charge in [0.2, 0.25) is 0 Å². The number of hydrogen-bond acceptors (Lipinski definition) is 3. The number of alkyl halides is 1. The number of halogens is 1. The molecule has 1 atom stereocenters. The molecule has 0 aliphatic heterocycles. The first-order chi connectivity index (χ1) is 8.51. The van der Waals surface area contributed by atoms with Gasteiger partial charge in [-0.2, -0.15) is 0 Å². The predicted molar refractivity (Wildman–Crippen MR) is 73.9 cm³/mol. The van der Waals surface area contributed by atoms with E-state index in [2.05, 4.69) is 6.58 Å². The maximum absolute atomic E-state index is 11.4. The summed E-state index contributed by atoms with van der Waals surface area (Å²) >= 11 is 5.88. The summed E-state index contributed by atoms with van der Waals surface area (Å²) in [6.07, 6.45) is 1.15. The highest BCUT2D eigenvalue weighted by atomic mass is 35.5. The van der Waals surface area contributed by atoms with E-state index >= 15 is 0 Å². The molecule has 1 rings (SSSR count). The molecule has 0 N–H and O–H groups in total. The van der Waals surface area contributed by atoms with Crippen molar-refractivity contribution in [1.82, 2.24) is 4.90 Å². The molecule has 0 heterocycles. The third kappa shape index (κ3) is 3.34. The number of ether oxygens (including phenoxy) is 1. The normalized spacial score (nSPS) is 12.3. The Kier molecular flexibility index (Phi) is 5.38. The van der Waals surface area contributed by atoms with E-state index in [1.54, 1.807) is 0 Å². The molecule has 98 valence electrons. The van der Waals surface area contributed by atoms with Crippen molar-refractivity contribution in [3.05, 3.63) is 42.0 Å². The maximum Gasteiger partial charge on any atom is 0.335 e. The Morgan fingerprint density at radius 2 is 2.22 bits per heavy atom. The van der Waals surface area contributed by atoms with Gasteiger partial charge in [-0.25, -0.2) is 4.79 Å². The van der Waals surface area contributed by atoms with E-state index in [4.69, 9.17) is 16.3 Å². The van der Waals surface area contributed by atoms with Crippen LogP contribution in [-0.2, 0) is 10.7 Å². The number of nitrogens with zero attached hydrogens (tertiary/aromatic N) is 1. The fraction of sp³-hybridized carbons (Fsp3) is 0.357. The predicted octanol–water partition coefficient (Wildman–Crippen LogP) is 3.14. The second kappa shape index (κ2) is 6.57. The summed E-state index contributed by atoms with van der Waals surface area (Å²) in [5.41, 5.74) is 1.74. The molecule has 1 aromatic carbocycles. The van der Waals surface area contributed by atoms with E-state index in [9.17, 15) is 4.79 Å². The van der Waals surface area contributed by atoms with Gasteiger partial charge in [0.25, 0.3) is 0 Å². The van der Waals surface area contributed by atoms with Gasteiger partial charge < -0.3 is 9.64 Å². The first-order valence-electron chi connectivity index (χ1n) is 5.69. The van der Waals surface area contributed by atoms with Crippen LogP contribution < -0.4 is 4.74 Å². The van der Waals surface area contributed by atoms with E-state index in [-0.39, 0.29) is 6.04 Å². The Bertz CT molecular complexity index is 443. The van der Waals surface area contributed by atoms with Gasteiger partial charge in [-0.05, 0) is 21.0 Å². The summed E-state index contributed by atoms with van der Waals surface area (Å²) in [6, 6.07) is 5.83. The van der Waals surface area contributed by atoms with E-state index in [1.807, 2.05) is 44.1 Å². The zero-order valence-electron chi connectivity index (χ0n) is 10.9. The van der Waals surface area contributed by atoms with Crippen LogP contribution in [0.5, 0.6) is 5.75 Å². The smallest absolute Gasteiger partial charge is 0.335 e. The van der Waals surface area contributed by atoms with Gasteiger partial charge >= 0.3 is 5.97 Å². The standard InChI is InChI=1S/C14H18ClNO2/c1-5-13(17)18-14-11(9-15)7-6-8-12(14)10(2)16(3)4/h5-8,10H,1,9H2,2-4H3. The van der Waals surface area contributed by atoms with E-state index in [0.29, 0.717) is 11.6 Å². The Labute approximate surface area is 113 Å². The van der Waals surface area contributed by atoms with Crippen LogP contribution in [0.1, 0.15) is 24.1 Å². The molecular weight excluding hydrogens is 250 g/mol. The van der Waals surface area contributed by atoms with Crippen molar-refractivity contribution in [2.24, 2.45) is 0 Å². The van der Waals surface area contributed by atoms with Gasteiger partial charge in [0.1, 0.15) is 5.75 Å². The minimum absolute atomic E-state index is 0.126. The molecule has 0 saturated carbocycles. The third-order valence-electron chi connectivity index (χ3n) is 2.87. The second-order valence-corrected chi connectivity index (χ2v) is 4.50. The number of esters is 1. The van der Waals surface area contributed by atoms with Gasteiger partial charge in [-0.15, -0.1) is 11.6 Å². The maximum atomic E-state index is 11.4. The molecule has 0 saturated heterocycles. The molecule has 0 fully saturated rings. The monoisotopic (exact) mass is 267 g/mol. The Hall–Kier alpha value is -1.32. The lowest BCUT2D eigenvalue weighted by Gasteiger charge is -2.23. The lowest BCUT2D eigenvalue weighted by Crippen LogP contribution is -2.19. The third-order valence-corrected chi connectivity index (χ3v) is 3.15. The summed E-state index contributed by atoms with van der Waals surface area (Å²) in [5, 5.41) is 0. The summed E-state index contributed by atoms with van der Waals surface area (Å²) in [4.78, 5) is 13.4. The molecule has 18 heavy (non-hydrogen) atoms. The Balaban J connectivity index is 3.23. The summed E-state index contributed by atoms with van der Waals surface area (Å²) in [7, 11) is 3.94. The Morgan fingerprint density at radius 3 is 2.72 bits per heavy atom. The molecule has 0 aromatic heterocycles. The average molecular weight is 268 g/mol. The van der Waals surface area contributed by atoms with Crippen molar-refractivity contribution in [3.63, 3.8) is 0 Å². The summed E-state index contributed by atoms with van der Waals surface area (Å²) in [5.74, 6) is 0.367. The van der Waals surface area contributed by atoms with Gasteiger partial charge in [0.05, 0.1) is 5.88 Å². The van der Waals surface area contributed by atoms with Gasteiger partial charge in [0, 0.05) is 23.2 Å². The first-order valence-corrected chi connectivity index (χ1v) is 6.23. The fourth-order valence-electron chi connectivity index (χ4n) is 1.58. The zero-order chi connectivity index (χ0) is 13.7. The summed E-state index contributed by atoms with van der Waals surface area (Å²) < 4.78 is 5.32. The number of para-hydroxylation sites is 1. The van der Waals surface area contributed by atoms with Gasteiger partial charge in [0.15, 0.2) is 0 Å². The van der Waals surface area contributed by atoms with Crippen LogP contribution in [0.15, 0.2) is 30.9 Å². The molecule has 0 bridgehead atoms. The minimum atomic E-state index is -0.472. The van der Waals surface area contributed by atoms with Crippen molar-refractivity contribution < 1.29 is 9.53 Å². The zero-order valence-corrected chi connectivity index (χ0v) is 11.7. The molecular formula is C14H18ClNO2. The second-order valence-electron chi connectivity index (χ2n) is 4.23. The van der Waals surface area contributed by atoms with Crippen LogP contribution >= 0.6 is 11.6 Å². The van der Waals surface area contributed by atoms with Crippen molar-refractivity contribution in [2.45, 2.75) is 18.8 Å². The molecule has 1 unspecified atom stereocenters. The molecule has 4 heteroatoms. The highest BCUT2D eigenvalue weighted by Crippen LogP contribution is 2.32. The van der Waals surface area contributed by atoms with E-state index in [0.717, 1.165) is 17.2 Å². The first kappa shape index (κ1) is 14.7. The topological polar surface area (TPSA) is 29.5 Å². The van der Waals surface area contributed by atoms with E-state index in [1.165, 1.54) is 0 Å². The number of benzene rings is 1. The van der Waals surface area contributed by atoms with Crippen molar-refractivity contribution >= 4 is 17.6 Å². The minimum Gasteiger partial charge on any atom is -0.423 e. The lowest BCUT2D eigenvalue weighted by molar-refractivity contribution is -0.129. The Morgan fingerprint density at radius 1 is 1.56 bits per heavy atom. The average Bonchev–Trinajstić information content (AvgIpc) is 2.37. The lowest BCUT2D eigenvalue weighted by atomic mass is 10.0. The van der Waals surface area contributed by atoms with Crippen LogP contribution in [0, 0.1) is 0 Å². The quantitative estimate of drug-likeness (QED) is 0.355. The molecule has 0 spiro atoms. The highest BCUT2D eigenvalue weighted by molar-refractivity contribution is 6.17. The van der Waals surface area contributed by atoms with Crippen LogP contribution in [-0.4, -0.2) is 25.0 Å². The van der Waals surface area contributed by atoms with Crippen LogP contribution in [0.3, 0.4) is 0 Å². The number of hydrogen-bond donors (Lipinski definition) is 0. The molecule has 1 aromatic rings. The molecule has 3 nitrogen and oxygen atoms in total. The number of carbonyl (C=O) groups excluding carboxylic acids is 1. The van der Waals surface area contributed by atoms with Crippen LogP contribution in [0.4, 0.5) is 0 Å². The highest BCUT2D eigenvalue weighted by Gasteiger charge is 2.18. The van der Waals surface area contributed by atoms with Crippen molar-refractivity contribution in [1.29, 1.82) is 0 Å². The van der Waals surface area contributed by atoms with Gasteiger partial charge in [-0.3, -0.25) is 0 Å². The number of rotatable bonds is 5. The van der Waals surface area contributed by atoms with Crippen LogP contribution in [0.25, 0.3) is 0 Å². The van der Waals surface area contributed by atoms with Crippen molar-refractivity contribution in [2.75, 3.05) is 14.1 Å². The molecule has 0 aliphatic carbocycles. The van der Waals surface area contributed by atoms with Crippen molar-refractivity contribution in [3.8, 4) is 5.75 Å². The van der Waals surface area contributed by atoms with E-state index < -0.39 is 5.97 Å². The molecule has 0 radical (unpaired) electrons. The van der Waals surface area contributed by atoms with Crippen LogP contribution in [0.2, 0.25) is 0 Å². The van der Waals surface area contributed by atoms with Gasteiger partial charge in [-0.1, -0.05) is 24.8 Å². The SMILES string of the molecule is C=CC(=O)Oc1c(CCl)cccc1C(C)N(C)C. The molecule has 0 aliphatic rings. The molecule has 0 amide bonds. The number of carbonyl (C=O) groups is 1. The largest absolute Gasteiger partial charge is 0.423 e. The fourth-order valence-corrected chi connectivity index (χ4v) is 1.79.